The van der Waals surface area contributed by atoms with Crippen LogP contribution in [0.3, 0.4) is 0 Å². The van der Waals surface area contributed by atoms with Crippen molar-refractivity contribution in [3.05, 3.63) is 11.4 Å². The predicted octanol–water partition coefficient (Wildman–Crippen LogP) is 0.838. The van der Waals surface area contributed by atoms with E-state index in [0.717, 1.165) is 11.4 Å². The average molecular weight is 137 g/mol. The Morgan fingerprint density at radius 3 is 1.75 bits per heavy atom. The van der Waals surface area contributed by atoms with E-state index in [-0.39, 0.29) is 12.4 Å². The van der Waals surface area contributed by atoms with Crippen molar-refractivity contribution in [2.75, 3.05) is 7.05 Å². The van der Waals surface area contributed by atoms with Crippen LogP contribution < -0.4 is 11.1 Å². The highest BCUT2D eigenvalue weighted by molar-refractivity contribution is 5.85. The smallest absolute Gasteiger partial charge is 0.0260 e. The van der Waals surface area contributed by atoms with Gasteiger partial charge >= 0.3 is 0 Å². The number of hydrogen-bond donors (Lipinski definition) is 2. The quantitative estimate of drug-likeness (QED) is 0.561. The van der Waals surface area contributed by atoms with Gasteiger partial charge in [-0.2, -0.15) is 0 Å². The van der Waals surface area contributed by atoms with Gasteiger partial charge in [-0.1, -0.05) is 0 Å². The minimum absolute atomic E-state index is 0. The summed E-state index contributed by atoms with van der Waals surface area (Å²) in [5.74, 6) is 0. The van der Waals surface area contributed by atoms with Crippen LogP contribution in [-0.4, -0.2) is 7.05 Å². The van der Waals surface area contributed by atoms with Gasteiger partial charge in [-0.25, -0.2) is 0 Å². The van der Waals surface area contributed by atoms with E-state index in [1.807, 2.05) is 20.9 Å². The molecule has 0 unspecified atom stereocenters. The molecule has 0 aliphatic carbocycles. The van der Waals surface area contributed by atoms with Crippen molar-refractivity contribution in [2.45, 2.75) is 13.8 Å². The zero-order chi connectivity index (χ0) is 5.86. The van der Waals surface area contributed by atoms with Crippen LogP contribution in [0.1, 0.15) is 13.8 Å². The second kappa shape index (κ2) is 4.78. The molecule has 8 heavy (non-hydrogen) atoms. The van der Waals surface area contributed by atoms with E-state index in [1.165, 1.54) is 0 Å². The monoisotopic (exact) mass is 136 g/mol. The largest absolute Gasteiger partial charge is 0.401 e. The first-order valence-corrected chi connectivity index (χ1v) is 2.29. The molecule has 3 N–H and O–H groups in total. The van der Waals surface area contributed by atoms with Crippen LogP contribution in [0.25, 0.3) is 0 Å². The summed E-state index contributed by atoms with van der Waals surface area (Å²) in [6.45, 7) is 3.81. The number of allylic oxidation sites excluding steroid dienone is 2. The highest BCUT2D eigenvalue weighted by Crippen LogP contribution is 1.86. The highest BCUT2D eigenvalue weighted by atomic mass is 35.5. The van der Waals surface area contributed by atoms with Gasteiger partial charge in [0.25, 0.3) is 0 Å². The lowest BCUT2D eigenvalue weighted by Gasteiger charge is -1.98. The van der Waals surface area contributed by atoms with E-state index in [9.17, 15) is 0 Å². The summed E-state index contributed by atoms with van der Waals surface area (Å²) in [6.07, 6.45) is 0. The Kier molecular flexibility index (Phi) is 6.32. The predicted molar refractivity (Wildman–Crippen MR) is 38.9 cm³/mol. The zero-order valence-electron chi connectivity index (χ0n) is 5.49. The van der Waals surface area contributed by atoms with E-state index in [1.54, 1.807) is 0 Å². The molecule has 2 nitrogen and oxygen atoms in total. The first kappa shape index (κ1) is 10.6. The molecule has 0 amide bonds. The summed E-state index contributed by atoms with van der Waals surface area (Å²) >= 11 is 0. The van der Waals surface area contributed by atoms with Gasteiger partial charge in [0.1, 0.15) is 0 Å². The first-order chi connectivity index (χ1) is 3.18. The third-order valence-electron chi connectivity index (χ3n) is 0.967. The van der Waals surface area contributed by atoms with Crippen molar-refractivity contribution in [2.24, 2.45) is 5.73 Å². The van der Waals surface area contributed by atoms with E-state index in [0.29, 0.717) is 0 Å². The van der Waals surface area contributed by atoms with Crippen molar-refractivity contribution in [3.63, 3.8) is 0 Å². The molecular formula is C5H13ClN2. The number of nitrogens with two attached hydrogens (primary N) is 1. The molecule has 3 heteroatoms. The minimum Gasteiger partial charge on any atom is -0.401 e. The summed E-state index contributed by atoms with van der Waals surface area (Å²) < 4.78 is 0. The SMILES string of the molecule is CN/C(C)=C(\C)N.Cl. The zero-order valence-corrected chi connectivity index (χ0v) is 6.30. The molecule has 0 aliphatic heterocycles. The van der Waals surface area contributed by atoms with Crippen molar-refractivity contribution in [1.82, 2.24) is 5.32 Å². The van der Waals surface area contributed by atoms with Gasteiger partial charge in [-0.3, -0.25) is 0 Å². The van der Waals surface area contributed by atoms with E-state index < -0.39 is 0 Å². The lowest BCUT2D eigenvalue weighted by Crippen LogP contribution is -2.08. The average Bonchev–Trinajstić information content (AvgIpc) is 1.65. The van der Waals surface area contributed by atoms with E-state index in [4.69, 9.17) is 5.73 Å². The highest BCUT2D eigenvalue weighted by Gasteiger charge is 1.81. The molecule has 0 atom stereocenters. The number of halogens is 1. The van der Waals surface area contributed by atoms with Crippen LogP contribution in [0.5, 0.6) is 0 Å². The van der Waals surface area contributed by atoms with Gasteiger partial charge in [-0.05, 0) is 13.8 Å². The van der Waals surface area contributed by atoms with Crippen LogP contribution in [0, 0.1) is 0 Å². The maximum Gasteiger partial charge on any atom is 0.0260 e. The molecule has 0 aromatic heterocycles. The topological polar surface area (TPSA) is 38.0 Å². The second-order valence-electron chi connectivity index (χ2n) is 1.56. The molecule has 50 valence electrons. The molecule has 0 heterocycles. The maximum atomic E-state index is 5.36. The molecule has 0 aromatic carbocycles. The minimum atomic E-state index is 0. The van der Waals surface area contributed by atoms with Crippen LogP contribution in [0.15, 0.2) is 11.4 Å². The molecule has 0 spiro atoms. The number of nitrogens with one attached hydrogen (secondary N) is 1. The normalized spacial score (nSPS) is 11.4. The fourth-order valence-corrected chi connectivity index (χ4v) is 0.197. The summed E-state index contributed by atoms with van der Waals surface area (Å²) in [6, 6.07) is 0. The van der Waals surface area contributed by atoms with Crippen LogP contribution in [0.2, 0.25) is 0 Å². The molecule has 0 rings (SSSR count). The molecule has 0 saturated carbocycles. The Morgan fingerprint density at radius 1 is 1.38 bits per heavy atom. The van der Waals surface area contributed by atoms with Gasteiger partial charge in [0, 0.05) is 18.4 Å². The summed E-state index contributed by atoms with van der Waals surface area (Å²) in [5.41, 5.74) is 7.25. The fourth-order valence-electron chi connectivity index (χ4n) is 0.197. The lowest BCUT2D eigenvalue weighted by atomic mass is 10.4. The second-order valence-corrected chi connectivity index (χ2v) is 1.56. The maximum absolute atomic E-state index is 5.36. The summed E-state index contributed by atoms with van der Waals surface area (Å²) in [5, 5.41) is 2.92. The fraction of sp³-hybridized carbons (Fsp3) is 0.600. The van der Waals surface area contributed by atoms with Crippen molar-refractivity contribution < 1.29 is 0 Å². The van der Waals surface area contributed by atoms with Gasteiger partial charge in [0.2, 0.25) is 0 Å². The van der Waals surface area contributed by atoms with Crippen LogP contribution in [0.4, 0.5) is 0 Å². The van der Waals surface area contributed by atoms with Crippen molar-refractivity contribution >= 4 is 12.4 Å². The van der Waals surface area contributed by atoms with Gasteiger partial charge < -0.3 is 11.1 Å². The third-order valence-corrected chi connectivity index (χ3v) is 0.967. The lowest BCUT2D eigenvalue weighted by molar-refractivity contribution is 0.949. The van der Waals surface area contributed by atoms with E-state index >= 15 is 0 Å². The Balaban J connectivity index is 0. The number of rotatable bonds is 1. The molecule has 0 saturated heterocycles. The summed E-state index contributed by atoms with van der Waals surface area (Å²) in [4.78, 5) is 0. The number of hydrogen-bond acceptors (Lipinski definition) is 2. The van der Waals surface area contributed by atoms with Gasteiger partial charge in [-0.15, -0.1) is 12.4 Å². The van der Waals surface area contributed by atoms with Gasteiger partial charge in [0.05, 0.1) is 0 Å². The molecule has 0 radical (unpaired) electrons. The summed E-state index contributed by atoms with van der Waals surface area (Å²) in [7, 11) is 1.85. The molecule has 0 aliphatic rings. The molecule has 0 aromatic rings. The van der Waals surface area contributed by atoms with Crippen LogP contribution >= 0.6 is 12.4 Å². The Hall–Kier alpha value is -0.370. The Bertz CT molecular complexity index is 84.4. The Morgan fingerprint density at radius 2 is 1.75 bits per heavy atom. The van der Waals surface area contributed by atoms with Crippen molar-refractivity contribution in [1.29, 1.82) is 0 Å². The van der Waals surface area contributed by atoms with Gasteiger partial charge in [0.15, 0.2) is 0 Å². The molecule has 0 fully saturated rings. The van der Waals surface area contributed by atoms with E-state index in [2.05, 4.69) is 5.32 Å². The van der Waals surface area contributed by atoms with Crippen molar-refractivity contribution in [3.8, 4) is 0 Å². The van der Waals surface area contributed by atoms with Crippen LogP contribution in [-0.2, 0) is 0 Å². The standard InChI is InChI=1S/C5H12N2.ClH/c1-4(6)5(2)7-3;/h7H,6H2,1-3H3;1H/b5-4+;. The Labute approximate surface area is 56.6 Å². The molecular weight excluding hydrogens is 124 g/mol. The molecule has 0 bridgehead atoms. The third kappa shape index (κ3) is 3.81. The first-order valence-electron chi connectivity index (χ1n) is 2.29.